The number of hydrogen-bond acceptors (Lipinski definition) is 3. The average Bonchev–Trinajstić information content (AvgIpc) is 2.22. The Labute approximate surface area is 102 Å². The first-order valence-electron chi connectivity index (χ1n) is 4.15. The second-order valence-corrected chi connectivity index (χ2v) is 4.57. The minimum absolute atomic E-state index is 0.405. The highest BCUT2D eigenvalue weighted by atomic mass is 35.5. The lowest BCUT2D eigenvalue weighted by Crippen LogP contribution is -1.83. The van der Waals surface area contributed by atoms with Crippen LogP contribution in [0.15, 0.2) is 46.6 Å². The van der Waals surface area contributed by atoms with Gasteiger partial charge in [-0.1, -0.05) is 41.0 Å². The van der Waals surface area contributed by atoms with E-state index < -0.39 is 0 Å². The Kier molecular flexibility index (Phi) is 3.46. The molecule has 0 atom stereocenters. The molecule has 15 heavy (non-hydrogen) atoms. The zero-order valence-corrected chi connectivity index (χ0v) is 9.85. The molecule has 0 amide bonds. The molecular weight excluding hydrogens is 251 g/mol. The van der Waals surface area contributed by atoms with Crippen molar-refractivity contribution in [3.63, 3.8) is 0 Å². The van der Waals surface area contributed by atoms with Crippen LogP contribution in [-0.2, 0) is 0 Å². The largest absolute Gasteiger partial charge is 0.245 e. The van der Waals surface area contributed by atoms with E-state index in [-0.39, 0.29) is 0 Å². The summed E-state index contributed by atoms with van der Waals surface area (Å²) in [5, 5.41) is 1.78. The first-order valence-corrected chi connectivity index (χ1v) is 5.73. The highest BCUT2D eigenvalue weighted by Crippen LogP contribution is 2.31. The smallest absolute Gasteiger partial charge is 0.161 e. The van der Waals surface area contributed by atoms with E-state index in [0.717, 1.165) is 4.90 Å². The van der Waals surface area contributed by atoms with E-state index in [4.69, 9.17) is 23.2 Å². The quantitative estimate of drug-likeness (QED) is 0.815. The maximum absolute atomic E-state index is 5.89. The van der Waals surface area contributed by atoms with E-state index >= 15 is 0 Å². The minimum atomic E-state index is 0.405. The van der Waals surface area contributed by atoms with Crippen molar-refractivity contribution in [1.82, 2.24) is 9.97 Å². The molecular formula is C10H6Cl2N2S. The predicted octanol–water partition coefficient (Wildman–Crippen LogP) is 3.93. The predicted molar refractivity (Wildman–Crippen MR) is 62.6 cm³/mol. The van der Waals surface area contributed by atoms with Crippen LogP contribution in [0.1, 0.15) is 0 Å². The highest BCUT2D eigenvalue weighted by molar-refractivity contribution is 7.99. The van der Waals surface area contributed by atoms with Gasteiger partial charge < -0.3 is 0 Å². The van der Waals surface area contributed by atoms with Crippen molar-refractivity contribution in [2.24, 2.45) is 0 Å². The third-order valence-electron chi connectivity index (χ3n) is 1.63. The summed E-state index contributed by atoms with van der Waals surface area (Å²) in [4.78, 5) is 9.07. The third kappa shape index (κ3) is 2.84. The number of benzene rings is 1. The van der Waals surface area contributed by atoms with Crippen molar-refractivity contribution in [2.75, 3.05) is 0 Å². The number of nitrogens with zero attached hydrogens (tertiary/aromatic N) is 2. The summed E-state index contributed by atoms with van der Waals surface area (Å²) in [5.74, 6) is 0. The van der Waals surface area contributed by atoms with Gasteiger partial charge in [0.25, 0.3) is 0 Å². The minimum Gasteiger partial charge on any atom is -0.245 e. The number of rotatable bonds is 2. The zero-order chi connectivity index (χ0) is 10.7. The van der Waals surface area contributed by atoms with Crippen LogP contribution in [0.5, 0.6) is 0 Å². The van der Waals surface area contributed by atoms with Crippen molar-refractivity contribution in [3.8, 4) is 0 Å². The molecule has 2 rings (SSSR count). The van der Waals surface area contributed by atoms with Crippen molar-refractivity contribution in [3.05, 3.63) is 46.8 Å². The van der Waals surface area contributed by atoms with Crippen molar-refractivity contribution < 1.29 is 0 Å². The van der Waals surface area contributed by atoms with Crippen LogP contribution in [-0.4, -0.2) is 9.97 Å². The SMILES string of the molecule is Clc1cccc(Sc2nccnc2Cl)c1. The summed E-state index contributed by atoms with van der Waals surface area (Å²) in [7, 11) is 0. The second-order valence-electron chi connectivity index (χ2n) is 2.71. The fourth-order valence-corrected chi connectivity index (χ4v) is 2.30. The fourth-order valence-electron chi connectivity index (χ4n) is 1.02. The number of aromatic nitrogens is 2. The number of hydrogen-bond donors (Lipinski definition) is 0. The molecule has 0 bridgehead atoms. The van der Waals surface area contributed by atoms with Crippen LogP contribution in [0.25, 0.3) is 0 Å². The summed E-state index contributed by atoms with van der Waals surface area (Å²) < 4.78 is 0. The van der Waals surface area contributed by atoms with Gasteiger partial charge in [-0.2, -0.15) is 0 Å². The summed E-state index contributed by atoms with van der Waals surface area (Å²) in [6, 6.07) is 7.51. The Balaban J connectivity index is 2.26. The van der Waals surface area contributed by atoms with Crippen LogP contribution >= 0.6 is 35.0 Å². The van der Waals surface area contributed by atoms with Gasteiger partial charge in [0.2, 0.25) is 0 Å². The van der Waals surface area contributed by atoms with Gasteiger partial charge in [0.15, 0.2) is 5.15 Å². The van der Waals surface area contributed by atoms with Gasteiger partial charge in [0.05, 0.1) is 0 Å². The standard InChI is InChI=1S/C10H6Cl2N2S/c11-7-2-1-3-8(6-7)15-10-9(12)13-4-5-14-10/h1-6H. The molecule has 76 valence electrons. The topological polar surface area (TPSA) is 25.8 Å². The van der Waals surface area contributed by atoms with E-state index in [9.17, 15) is 0 Å². The van der Waals surface area contributed by atoms with Gasteiger partial charge in [-0.15, -0.1) is 0 Å². The zero-order valence-electron chi connectivity index (χ0n) is 7.52. The second kappa shape index (κ2) is 4.84. The maximum atomic E-state index is 5.89. The molecule has 0 radical (unpaired) electrons. The Morgan fingerprint density at radius 3 is 2.60 bits per heavy atom. The lowest BCUT2D eigenvalue weighted by atomic mass is 10.4. The van der Waals surface area contributed by atoms with Gasteiger partial charge in [0.1, 0.15) is 5.03 Å². The molecule has 1 heterocycles. The third-order valence-corrected chi connectivity index (χ3v) is 3.24. The van der Waals surface area contributed by atoms with Crippen molar-refractivity contribution in [1.29, 1.82) is 0 Å². The van der Waals surface area contributed by atoms with E-state index in [2.05, 4.69) is 9.97 Å². The molecule has 0 aliphatic heterocycles. The van der Waals surface area contributed by atoms with E-state index in [0.29, 0.717) is 15.2 Å². The van der Waals surface area contributed by atoms with Crippen molar-refractivity contribution >= 4 is 35.0 Å². The van der Waals surface area contributed by atoms with Crippen molar-refractivity contribution in [2.45, 2.75) is 9.92 Å². The van der Waals surface area contributed by atoms with Gasteiger partial charge in [-0.05, 0) is 18.2 Å². The van der Waals surface area contributed by atoms with Gasteiger partial charge >= 0.3 is 0 Å². The molecule has 0 unspecified atom stereocenters. The number of halogens is 2. The van der Waals surface area contributed by atoms with Gasteiger partial charge in [0, 0.05) is 22.3 Å². The molecule has 0 saturated heterocycles. The lowest BCUT2D eigenvalue weighted by Gasteiger charge is -2.01. The molecule has 0 saturated carbocycles. The molecule has 0 fully saturated rings. The fraction of sp³-hybridized carbons (Fsp3) is 0. The lowest BCUT2D eigenvalue weighted by molar-refractivity contribution is 1.06. The molecule has 0 aliphatic rings. The maximum Gasteiger partial charge on any atom is 0.161 e. The summed E-state index contributed by atoms with van der Waals surface area (Å²) >= 11 is 13.2. The molecule has 0 aliphatic carbocycles. The summed E-state index contributed by atoms with van der Waals surface area (Å²) in [5.41, 5.74) is 0. The normalized spacial score (nSPS) is 10.3. The first kappa shape index (κ1) is 10.7. The molecule has 0 spiro atoms. The molecule has 0 N–H and O–H groups in total. The van der Waals surface area contributed by atoms with Crippen LogP contribution in [0.3, 0.4) is 0 Å². The molecule has 1 aromatic carbocycles. The molecule has 5 heteroatoms. The first-order chi connectivity index (χ1) is 7.25. The van der Waals surface area contributed by atoms with Crippen LogP contribution in [0, 0.1) is 0 Å². The van der Waals surface area contributed by atoms with Crippen LogP contribution in [0.4, 0.5) is 0 Å². The molecule has 1 aromatic heterocycles. The Bertz CT molecular complexity index is 476. The average molecular weight is 257 g/mol. The highest BCUT2D eigenvalue weighted by Gasteiger charge is 2.04. The Morgan fingerprint density at radius 2 is 1.87 bits per heavy atom. The van der Waals surface area contributed by atoms with E-state index in [1.165, 1.54) is 11.8 Å². The molecule has 2 aromatic rings. The van der Waals surface area contributed by atoms with Gasteiger partial charge in [-0.25, -0.2) is 9.97 Å². The van der Waals surface area contributed by atoms with E-state index in [1.807, 2.05) is 24.3 Å². The molecule has 2 nitrogen and oxygen atoms in total. The monoisotopic (exact) mass is 256 g/mol. The van der Waals surface area contributed by atoms with E-state index in [1.54, 1.807) is 12.4 Å². The Morgan fingerprint density at radius 1 is 1.07 bits per heavy atom. The summed E-state index contributed by atoms with van der Waals surface area (Å²) in [6.45, 7) is 0. The summed E-state index contributed by atoms with van der Waals surface area (Å²) in [6.07, 6.45) is 3.17. The van der Waals surface area contributed by atoms with Crippen LogP contribution < -0.4 is 0 Å². The van der Waals surface area contributed by atoms with Crippen LogP contribution in [0.2, 0.25) is 10.2 Å². The Hall–Kier alpha value is -0.770. The van der Waals surface area contributed by atoms with Gasteiger partial charge in [-0.3, -0.25) is 0 Å².